The van der Waals surface area contributed by atoms with Gasteiger partial charge in [-0.05, 0) is 32.0 Å². The summed E-state index contributed by atoms with van der Waals surface area (Å²) in [6.07, 6.45) is -1.10. The predicted octanol–water partition coefficient (Wildman–Crippen LogP) is 2.05. The minimum atomic E-state index is -1.08. The topological polar surface area (TPSA) is 76.1 Å². The number of hydrogen-bond acceptors (Lipinski definition) is 4. The SMILES string of the molecule is CC(C)Oc1ccc(Cl)cc1C(=O)N1CCOC(C(=O)O)C1. The van der Waals surface area contributed by atoms with Gasteiger partial charge in [-0.2, -0.15) is 0 Å². The van der Waals surface area contributed by atoms with Gasteiger partial charge in [0.1, 0.15) is 5.75 Å². The minimum Gasteiger partial charge on any atom is -0.490 e. The van der Waals surface area contributed by atoms with Crippen LogP contribution >= 0.6 is 11.6 Å². The van der Waals surface area contributed by atoms with Gasteiger partial charge in [-0.15, -0.1) is 0 Å². The highest BCUT2D eigenvalue weighted by Gasteiger charge is 2.30. The van der Waals surface area contributed by atoms with E-state index >= 15 is 0 Å². The van der Waals surface area contributed by atoms with Crippen molar-refractivity contribution in [3.63, 3.8) is 0 Å². The lowest BCUT2D eigenvalue weighted by Crippen LogP contribution is -2.48. The quantitative estimate of drug-likeness (QED) is 0.916. The average molecular weight is 328 g/mol. The van der Waals surface area contributed by atoms with E-state index in [0.717, 1.165) is 0 Å². The molecule has 0 bridgehead atoms. The number of carbonyl (C=O) groups is 2. The Balaban J connectivity index is 2.24. The number of hydrogen-bond donors (Lipinski definition) is 1. The molecule has 0 spiro atoms. The fraction of sp³-hybridized carbons (Fsp3) is 0.467. The molecule has 1 aliphatic rings. The highest BCUT2D eigenvalue weighted by Crippen LogP contribution is 2.26. The fourth-order valence-electron chi connectivity index (χ4n) is 2.18. The lowest BCUT2D eigenvalue weighted by Gasteiger charge is -2.31. The van der Waals surface area contributed by atoms with Crippen LogP contribution in [0.1, 0.15) is 24.2 Å². The highest BCUT2D eigenvalue weighted by atomic mass is 35.5. The monoisotopic (exact) mass is 327 g/mol. The van der Waals surface area contributed by atoms with E-state index in [1.807, 2.05) is 13.8 Å². The van der Waals surface area contributed by atoms with E-state index in [9.17, 15) is 9.59 Å². The largest absolute Gasteiger partial charge is 0.490 e. The minimum absolute atomic E-state index is 0.00178. The Labute approximate surface area is 133 Å². The molecule has 1 aromatic rings. The maximum Gasteiger partial charge on any atom is 0.334 e. The molecule has 2 rings (SSSR count). The first-order valence-corrected chi connectivity index (χ1v) is 7.36. The molecule has 22 heavy (non-hydrogen) atoms. The summed E-state index contributed by atoms with van der Waals surface area (Å²) in [5, 5.41) is 9.44. The highest BCUT2D eigenvalue weighted by molar-refractivity contribution is 6.31. The van der Waals surface area contributed by atoms with Crippen LogP contribution in [0, 0.1) is 0 Å². The van der Waals surface area contributed by atoms with Crippen molar-refractivity contribution in [1.29, 1.82) is 0 Å². The summed E-state index contributed by atoms with van der Waals surface area (Å²) in [6.45, 7) is 4.23. The molecule has 1 heterocycles. The van der Waals surface area contributed by atoms with Crippen LogP contribution in [0.5, 0.6) is 5.75 Å². The molecule has 7 heteroatoms. The van der Waals surface area contributed by atoms with Crippen LogP contribution in [-0.2, 0) is 9.53 Å². The molecule has 0 aromatic heterocycles. The lowest BCUT2D eigenvalue weighted by atomic mass is 10.1. The van der Waals surface area contributed by atoms with Crippen LogP contribution in [0.2, 0.25) is 5.02 Å². The third kappa shape index (κ3) is 3.90. The normalized spacial score (nSPS) is 18.4. The first kappa shape index (κ1) is 16.6. The Morgan fingerprint density at radius 1 is 1.45 bits per heavy atom. The van der Waals surface area contributed by atoms with E-state index in [1.165, 1.54) is 11.0 Å². The Bertz CT molecular complexity index is 575. The van der Waals surface area contributed by atoms with Crippen molar-refractivity contribution in [3.05, 3.63) is 28.8 Å². The van der Waals surface area contributed by atoms with Gasteiger partial charge in [0.25, 0.3) is 5.91 Å². The second-order valence-electron chi connectivity index (χ2n) is 5.26. The molecule has 1 N–H and O–H groups in total. The Morgan fingerprint density at radius 3 is 2.82 bits per heavy atom. The molecular weight excluding hydrogens is 310 g/mol. The molecular formula is C15H18ClNO5. The number of carboxylic acids is 1. The van der Waals surface area contributed by atoms with Crippen molar-refractivity contribution in [2.75, 3.05) is 19.7 Å². The zero-order valence-corrected chi connectivity index (χ0v) is 13.2. The molecule has 120 valence electrons. The number of amides is 1. The number of ether oxygens (including phenoxy) is 2. The smallest absolute Gasteiger partial charge is 0.334 e. The number of morpholine rings is 1. The molecule has 1 aliphatic heterocycles. The summed E-state index contributed by atoms with van der Waals surface area (Å²) < 4.78 is 10.8. The van der Waals surface area contributed by atoms with Crippen LogP contribution in [-0.4, -0.2) is 53.8 Å². The van der Waals surface area contributed by atoms with E-state index in [0.29, 0.717) is 22.9 Å². The van der Waals surface area contributed by atoms with Gasteiger partial charge >= 0.3 is 5.97 Å². The fourth-order valence-corrected chi connectivity index (χ4v) is 2.35. The van der Waals surface area contributed by atoms with E-state index in [2.05, 4.69) is 0 Å². The van der Waals surface area contributed by atoms with Crippen LogP contribution in [0.15, 0.2) is 18.2 Å². The molecule has 1 amide bonds. The maximum atomic E-state index is 12.7. The van der Waals surface area contributed by atoms with Crippen LogP contribution < -0.4 is 4.74 Å². The number of benzene rings is 1. The summed E-state index contributed by atoms with van der Waals surface area (Å²) >= 11 is 5.97. The second-order valence-corrected chi connectivity index (χ2v) is 5.69. The third-order valence-electron chi connectivity index (χ3n) is 3.16. The zero-order valence-electron chi connectivity index (χ0n) is 12.4. The van der Waals surface area contributed by atoms with Crippen LogP contribution in [0.4, 0.5) is 0 Å². The van der Waals surface area contributed by atoms with E-state index < -0.39 is 12.1 Å². The summed E-state index contributed by atoms with van der Waals surface area (Å²) in [5.41, 5.74) is 0.326. The second kappa shape index (κ2) is 6.98. The van der Waals surface area contributed by atoms with Gasteiger partial charge in [0.05, 0.1) is 24.8 Å². The molecule has 0 aliphatic carbocycles. The number of carbonyl (C=O) groups excluding carboxylic acids is 1. The van der Waals surface area contributed by atoms with Gasteiger partial charge in [0.2, 0.25) is 0 Å². The van der Waals surface area contributed by atoms with Gasteiger partial charge in [-0.3, -0.25) is 4.79 Å². The zero-order chi connectivity index (χ0) is 16.3. The molecule has 1 atom stereocenters. The van der Waals surface area contributed by atoms with Crippen LogP contribution in [0.25, 0.3) is 0 Å². The van der Waals surface area contributed by atoms with E-state index in [4.69, 9.17) is 26.2 Å². The Morgan fingerprint density at radius 2 is 2.18 bits per heavy atom. The molecule has 6 nitrogen and oxygen atoms in total. The number of halogens is 1. The molecule has 1 aromatic carbocycles. The van der Waals surface area contributed by atoms with Crippen molar-refractivity contribution in [2.24, 2.45) is 0 Å². The third-order valence-corrected chi connectivity index (χ3v) is 3.40. The van der Waals surface area contributed by atoms with Gasteiger partial charge in [-0.1, -0.05) is 11.6 Å². The van der Waals surface area contributed by atoms with E-state index in [-0.39, 0.29) is 25.2 Å². The summed E-state index contributed by atoms with van der Waals surface area (Å²) in [5.74, 6) is -0.960. The number of nitrogens with zero attached hydrogens (tertiary/aromatic N) is 1. The molecule has 1 fully saturated rings. The van der Waals surface area contributed by atoms with Gasteiger partial charge in [0, 0.05) is 11.6 Å². The van der Waals surface area contributed by atoms with E-state index in [1.54, 1.807) is 12.1 Å². The van der Waals surface area contributed by atoms with Gasteiger partial charge < -0.3 is 19.5 Å². The maximum absolute atomic E-state index is 12.7. The molecule has 1 saturated heterocycles. The first-order valence-electron chi connectivity index (χ1n) is 6.98. The summed E-state index contributed by atoms with van der Waals surface area (Å²) in [7, 11) is 0. The van der Waals surface area contributed by atoms with Crippen molar-refractivity contribution in [3.8, 4) is 5.75 Å². The van der Waals surface area contributed by atoms with Crippen molar-refractivity contribution in [1.82, 2.24) is 4.90 Å². The molecule has 1 unspecified atom stereocenters. The summed E-state index contributed by atoms with van der Waals surface area (Å²) in [6, 6.07) is 4.83. The van der Waals surface area contributed by atoms with Crippen molar-refractivity contribution < 1.29 is 24.2 Å². The summed E-state index contributed by atoms with van der Waals surface area (Å²) in [4.78, 5) is 25.1. The van der Waals surface area contributed by atoms with Gasteiger partial charge in [-0.25, -0.2) is 4.79 Å². The standard InChI is InChI=1S/C15H18ClNO5/c1-9(2)22-12-4-3-10(16)7-11(12)14(18)17-5-6-21-13(8-17)15(19)20/h3-4,7,9,13H,5-6,8H2,1-2H3,(H,19,20). The Hall–Kier alpha value is -1.79. The predicted molar refractivity (Wildman–Crippen MR) is 80.5 cm³/mol. The molecule has 0 radical (unpaired) electrons. The number of rotatable bonds is 4. The van der Waals surface area contributed by atoms with Crippen LogP contribution in [0.3, 0.4) is 0 Å². The van der Waals surface area contributed by atoms with Gasteiger partial charge in [0.15, 0.2) is 6.10 Å². The number of carboxylic acid groups (broad SMARTS) is 1. The average Bonchev–Trinajstić information content (AvgIpc) is 2.48. The van der Waals surface area contributed by atoms with Crippen molar-refractivity contribution >= 4 is 23.5 Å². The first-order chi connectivity index (χ1) is 10.4. The lowest BCUT2D eigenvalue weighted by molar-refractivity contribution is -0.154. The van der Waals surface area contributed by atoms with Crippen molar-refractivity contribution in [2.45, 2.75) is 26.1 Å². The molecule has 0 saturated carbocycles. The Kier molecular flexibility index (Phi) is 5.26. The number of aliphatic carboxylic acids is 1.